The first-order valence-corrected chi connectivity index (χ1v) is 18.0. The molecule has 0 spiro atoms. The molecule has 0 unspecified atom stereocenters. The summed E-state index contributed by atoms with van der Waals surface area (Å²) >= 11 is 0. The highest BCUT2D eigenvalue weighted by Gasteiger charge is 2.08. The van der Waals surface area contributed by atoms with Gasteiger partial charge in [-0.25, -0.2) is 0 Å². The lowest BCUT2D eigenvalue weighted by molar-refractivity contribution is -0.137. The topological polar surface area (TPSA) is 72.3 Å². The number of rotatable bonds is 27. The van der Waals surface area contributed by atoms with Gasteiger partial charge in [-0.1, -0.05) is 150 Å². The standard InChI is InChI=1S/C24H51P.C8H16O2.H3N/c1-4-7-10-13-16-19-22-25(23-20-17-14-11-8-5-2)24-21-18-15-12-9-6-3;1-2-3-4-5-6-7-8(9)10;/h4-24H2,1-3H3;2-7H2,1H3,(H,9,10);1H3. The fourth-order valence-corrected chi connectivity index (χ4v) is 7.25. The minimum Gasteiger partial charge on any atom is -0.481 e. The van der Waals surface area contributed by atoms with Gasteiger partial charge in [-0.2, -0.15) is 0 Å². The molecular formula is C32H70NO2P. The maximum absolute atomic E-state index is 10.0. The Hall–Kier alpha value is -0.140. The van der Waals surface area contributed by atoms with E-state index in [0.717, 1.165) is 12.8 Å². The van der Waals surface area contributed by atoms with Gasteiger partial charge in [0, 0.05) is 6.42 Å². The van der Waals surface area contributed by atoms with E-state index in [1.807, 2.05) is 0 Å². The number of hydrogen-bond acceptors (Lipinski definition) is 2. The summed E-state index contributed by atoms with van der Waals surface area (Å²) < 4.78 is 0. The zero-order valence-corrected chi connectivity index (χ0v) is 26.5. The van der Waals surface area contributed by atoms with Crippen LogP contribution in [-0.2, 0) is 4.79 Å². The van der Waals surface area contributed by atoms with Crippen LogP contribution in [0.3, 0.4) is 0 Å². The van der Waals surface area contributed by atoms with E-state index in [9.17, 15) is 4.79 Å². The van der Waals surface area contributed by atoms with Gasteiger partial charge in [-0.15, -0.1) is 7.92 Å². The van der Waals surface area contributed by atoms with Gasteiger partial charge in [-0.3, -0.25) is 4.79 Å². The third-order valence-corrected chi connectivity index (χ3v) is 9.82. The summed E-state index contributed by atoms with van der Waals surface area (Å²) in [5.74, 6) is -0.670. The summed E-state index contributed by atoms with van der Waals surface area (Å²) in [6.07, 6.45) is 37.1. The summed E-state index contributed by atoms with van der Waals surface area (Å²) in [5.41, 5.74) is 0. The molecule has 220 valence electrons. The van der Waals surface area contributed by atoms with E-state index in [0.29, 0.717) is 14.3 Å². The Labute approximate surface area is 230 Å². The molecule has 0 atom stereocenters. The van der Waals surface area contributed by atoms with Crippen molar-refractivity contribution in [2.24, 2.45) is 0 Å². The molecule has 0 bridgehead atoms. The lowest BCUT2D eigenvalue weighted by Gasteiger charge is -2.18. The third kappa shape index (κ3) is 38.4. The Morgan fingerprint density at radius 1 is 0.444 bits per heavy atom. The van der Waals surface area contributed by atoms with E-state index in [1.54, 1.807) is 18.5 Å². The SMILES string of the molecule is CCCCCCCC(=O)O.CCCCCCCCP(CCCCCCCC)CCCCCCCC.N. The van der Waals surface area contributed by atoms with Crippen molar-refractivity contribution in [3.63, 3.8) is 0 Å². The lowest BCUT2D eigenvalue weighted by atomic mass is 10.1. The third-order valence-electron chi connectivity index (χ3n) is 6.98. The first kappa shape index (κ1) is 40.4. The van der Waals surface area contributed by atoms with Gasteiger partial charge in [0.1, 0.15) is 0 Å². The number of carboxylic acid groups (broad SMARTS) is 1. The zero-order valence-electron chi connectivity index (χ0n) is 25.6. The summed E-state index contributed by atoms with van der Waals surface area (Å²) in [6, 6.07) is 0. The van der Waals surface area contributed by atoms with E-state index in [1.165, 1.54) is 135 Å². The summed E-state index contributed by atoms with van der Waals surface area (Å²) in [5, 5.41) is 8.27. The molecule has 3 nitrogen and oxygen atoms in total. The molecule has 0 aromatic heterocycles. The molecule has 0 amide bonds. The van der Waals surface area contributed by atoms with Crippen molar-refractivity contribution in [2.45, 2.75) is 182 Å². The first-order valence-electron chi connectivity index (χ1n) is 16.1. The molecule has 0 aliphatic rings. The van der Waals surface area contributed by atoms with Crippen LogP contribution in [0.1, 0.15) is 182 Å². The van der Waals surface area contributed by atoms with E-state index in [4.69, 9.17) is 5.11 Å². The summed E-state index contributed by atoms with van der Waals surface area (Å²) in [6.45, 7) is 9.11. The highest BCUT2D eigenvalue weighted by molar-refractivity contribution is 7.57. The van der Waals surface area contributed by atoms with Gasteiger partial charge in [-0.05, 0) is 44.2 Å². The molecule has 0 fully saturated rings. The van der Waals surface area contributed by atoms with Crippen LogP contribution in [0.5, 0.6) is 0 Å². The minimum atomic E-state index is -0.670. The van der Waals surface area contributed by atoms with Crippen LogP contribution in [0.4, 0.5) is 0 Å². The fourth-order valence-electron chi connectivity index (χ4n) is 4.56. The van der Waals surface area contributed by atoms with Crippen LogP contribution in [-0.4, -0.2) is 29.6 Å². The number of hydrogen-bond donors (Lipinski definition) is 2. The lowest BCUT2D eigenvalue weighted by Crippen LogP contribution is -1.97. The van der Waals surface area contributed by atoms with Crippen LogP contribution < -0.4 is 6.15 Å². The Morgan fingerprint density at radius 3 is 0.972 bits per heavy atom. The Balaban J connectivity index is -0.000000834. The van der Waals surface area contributed by atoms with Gasteiger partial charge in [0.25, 0.3) is 0 Å². The van der Waals surface area contributed by atoms with Gasteiger partial charge in [0.15, 0.2) is 0 Å². The molecule has 0 saturated heterocycles. The Kier molecular flexibility index (Phi) is 41.5. The predicted molar refractivity (Wildman–Crippen MR) is 168 cm³/mol. The number of carbonyl (C=O) groups is 1. The zero-order chi connectivity index (χ0) is 26.2. The van der Waals surface area contributed by atoms with Crippen molar-refractivity contribution in [3.05, 3.63) is 0 Å². The Morgan fingerprint density at radius 2 is 0.694 bits per heavy atom. The average molecular weight is 532 g/mol. The monoisotopic (exact) mass is 532 g/mol. The van der Waals surface area contributed by atoms with E-state index in [2.05, 4.69) is 27.7 Å². The molecule has 0 aliphatic carbocycles. The Bertz CT molecular complexity index is 354. The van der Waals surface area contributed by atoms with Crippen LogP contribution >= 0.6 is 7.92 Å². The second-order valence-corrected chi connectivity index (χ2v) is 13.4. The normalized spacial score (nSPS) is 10.7. The molecular weight excluding hydrogens is 461 g/mol. The second-order valence-electron chi connectivity index (χ2n) is 10.7. The quantitative estimate of drug-likeness (QED) is 0.0817. The van der Waals surface area contributed by atoms with Crippen LogP contribution in [0.15, 0.2) is 0 Å². The molecule has 0 aromatic carbocycles. The molecule has 0 aliphatic heterocycles. The maximum atomic E-state index is 10.0. The van der Waals surface area contributed by atoms with Gasteiger partial charge in [0.05, 0.1) is 0 Å². The van der Waals surface area contributed by atoms with Gasteiger partial charge >= 0.3 is 5.97 Å². The molecule has 36 heavy (non-hydrogen) atoms. The maximum Gasteiger partial charge on any atom is 0.303 e. The highest BCUT2D eigenvalue weighted by Crippen LogP contribution is 2.39. The van der Waals surface area contributed by atoms with Gasteiger partial charge in [0.2, 0.25) is 0 Å². The predicted octanol–water partition coefficient (Wildman–Crippen LogP) is 12.1. The second kappa shape index (κ2) is 37.0. The molecule has 0 saturated carbocycles. The van der Waals surface area contributed by atoms with E-state index < -0.39 is 5.97 Å². The van der Waals surface area contributed by atoms with Crippen molar-refractivity contribution < 1.29 is 9.90 Å². The van der Waals surface area contributed by atoms with Crippen LogP contribution in [0.25, 0.3) is 0 Å². The largest absolute Gasteiger partial charge is 0.481 e. The summed E-state index contributed by atoms with van der Waals surface area (Å²) in [4.78, 5) is 10.0. The van der Waals surface area contributed by atoms with Crippen molar-refractivity contribution in [2.75, 3.05) is 18.5 Å². The summed E-state index contributed by atoms with van der Waals surface area (Å²) in [7, 11) is 0.366. The van der Waals surface area contributed by atoms with Crippen molar-refractivity contribution >= 4 is 13.9 Å². The van der Waals surface area contributed by atoms with Crippen molar-refractivity contribution in [3.8, 4) is 0 Å². The molecule has 4 heteroatoms. The number of unbranched alkanes of at least 4 members (excludes halogenated alkanes) is 19. The van der Waals surface area contributed by atoms with Crippen molar-refractivity contribution in [1.82, 2.24) is 6.15 Å². The molecule has 0 aromatic rings. The van der Waals surface area contributed by atoms with E-state index in [-0.39, 0.29) is 6.15 Å². The number of aliphatic carboxylic acids is 1. The smallest absolute Gasteiger partial charge is 0.303 e. The van der Waals surface area contributed by atoms with Gasteiger partial charge < -0.3 is 11.3 Å². The highest BCUT2D eigenvalue weighted by atomic mass is 31.1. The molecule has 4 N–H and O–H groups in total. The van der Waals surface area contributed by atoms with Crippen LogP contribution in [0.2, 0.25) is 0 Å². The van der Waals surface area contributed by atoms with Crippen LogP contribution in [0, 0.1) is 0 Å². The number of carboxylic acids is 1. The van der Waals surface area contributed by atoms with Crippen molar-refractivity contribution in [1.29, 1.82) is 0 Å². The first-order chi connectivity index (χ1) is 17.1. The molecule has 0 heterocycles. The van der Waals surface area contributed by atoms with E-state index >= 15 is 0 Å². The fraction of sp³-hybridized carbons (Fsp3) is 0.969. The molecule has 0 radical (unpaired) electrons. The minimum absolute atomic E-state index is 0. The molecule has 0 rings (SSSR count). The average Bonchev–Trinajstić information content (AvgIpc) is 2.85.